The smallest absolute Gasteiger partial charge is 0.244 e. The zero-order valence-electron chi connectivity index (χ0n) is 11.1. The molecule has 0 radical (unpaired) electrons. The largest absolute Gasteiger partial charge is 0.338 e. The van der Waals surface area contributed by atoms with Crippen LogP contribution in [0.25, 0.3) is 6.08 Å². The van der Waals surface area contributed by atoms with Gasteiger partial charge < -0.3 is 4.52 Å². The van der Waals surface area contributed by atoms with Crippen molar-refractivity contribution in [2.45, 2.75) is 19.9 Å². The minimum atomic E-state index is -3.58. The molecule has 0 saturated carbocycles. The maximum absolute atomic E-state index is 11.9. The first-order valence-corrected chi connectivity index (χ1v) is 7.56. The van der Waals surface area contributed by atoms with Crippen LogP contribution in [-0.2, 0) is 10.0 Å². The number of aryl methyl sites for hydroxylation is 1. The number of benzene rings is 1. The van der Waals surface area contributed by atoms with Gasteiger partial charge in [0, 0.05) is 5.41 Å². The first-order valence-electron chi connectivity index (χ1n) is 6.02. The third-order valence-corrected chi connectivity index (χ3v) is 3.67. The lowest BCUT2D eigenvalue weighted by atomic mass is 10.2. The average molecular weight is 293 g/mol. The van der Waals surface area contributed by atoms with Crippen LogP contribution >= 0.6 is 0 Å². The van der Waals surface area contributed by atoms with Gasteiger partial charge in [0.15, 0.2) is 5.82 Å². The van der Waals surface area contributed by atoms with Crippen LogP contribution in [0.2, 0.25) is 0 Å². The number of rotatable bonds is 5. The van der Waals surface area contributed by atoms with E-state index in [-0.39, 0.29) is 5.89 Å². The van der Waals surface area contributed by atoms with E-state index in [1.54, 1.807) is 13.8 Å². The summed E-state index contributed by atoms with van der Waals surface area (Å²) >= 11 is 0. The molecule has 1 unspecified atom stereocenters. The van der Waals surface area contributed by atoms with E-state index in [4.69, 9.17) is 4.52 Å². The maximum Gasteiger partial charge on any atom is 0.244 e. The van der Waals surface area contributed by atoms with Crippen molar-refractivity contribution < 1.29 is 12.9 Å². The van der Waals surface area contributed by atoms with Crippen molar-refractivity contribution >= 4 is 16.1 Å². The van der Waals surface area contributed by atoms with Crippen molar-refractivity contribution in [1.82, 2.24) is 14.9 Å². The highest BCUT2D eigenvalue weighted by Gasteiger charge is 2.18. The molecule has 1 N–H and O–H groups in total. The lowest BCUT2D eigenvalue weighted by molar-refractivity contribution is 0.351. The summed E-state index contributed by atoms with van der Waals surface area (Å²) in [6, 6.07) is 8.59. The predicted molar refractivity (Wildman–Crippen MR) is 75.0 cm³/mol. The zero-order chi connectivity index (χ0) is 14.6. The van der Waals surface area contributed by atoms with Crippen molar-refractivity contribution in [1.29, 1.82) is 0 Å². The van der Waals surface area contributed by atoms with Gasteiger partial charge in [0.05, 0.1) is 6.04 Å². The van der Waals surface area contributed by atoms with Crippen LogP contribution in [0.15, 0.2) is 40.3 Å². The fraction of sp³-hybridized carbons (Fsp3) is 0.231. The molecule has 20 heavy (non-hydrogen) atoms. The molecule has 0 aliphatic rings. The molecule has 0 spiro atoms. The number of aromatic nitrogens is 2. The van der Waals surface area contributed by atoms with Crippen molar-refractivity contribution in [3.05, 3.63) is 53.0 Å². The van der Waals surface area contributed by atoms with E-state index in [1.165, 1.54) is 6.08 Å². The Balaban J connectivity index is 2.06. The lowest BCUT2D eigenvalue weighted by Gasteiger charge is -2.07. The third kappa shape index (κ3) is 4.01. The van der Waals surface area contributed by atoms with Crippen LogP contribution in [0.5, 0.6) is 0 Å². The number of hydrogen-bond acceptors (Lipinski definition) is 5. The van der Waals surface area contributed by atoms with E-state index >= 15 is 0 Å². The van der Waals surface area contributed by atoms with Gasteiger partial charge in [0.1, 0.15) is 0 Å². The molecular formula is C13H15N3O3S. The molecule has 1 aromatic heterocycles. The summed E-state index contributed by atoms with van der Waals surface area (Å²) in [5, 5.41) is 4.74. The third-order valence-electron chi connectivity index (χ3n) is 2.49. The van der Waals surface area contributed by atoms with Gasteiger partial charge in [-0.15, -0.1) is 0 Å². The average Bonchev–Trinajstić information content (AvgIpc) is 2.84. The zero-order valence-corrected chi connectivity index (χ0v) is 12.0. The summed E-state index contributed by atoms with van der Waals surface area (Å²) in [5.74, 6) is 0.699. The summed E-state index contributed by atoms with van der Waals surface area (Å²) in [6.45, 7) is 3.31. The Morgan fingerprint density at radius 3 is 2.60 bits per heavy atom. The Bertz CT molecular complexity index is 693. The van der Waals surface area contributed by atoms with E-state index in [1.807, 2.05) is 30.3 Å². The van der Waals surface area contributed by atoms with Gasteiger partial charge in [-0.25, -0.2) is 8.42 Å². The fourth-order valence-corrected chi connectivity index (χ4v) is 2.57. The van der Waals surface area contributed by atoms with Crippen LogP contribution in [0.4, 0.5) is 0 Å². The second-order valence-electron chi connectivity index (χ2n) is 4.28. The first kappa shape index (κ1) is 14.4. The Hall–Kier alpha value is -1.99. The molecule has 0 aliphatic heterocycles. The molecule has 2 rings (SSSR count). The molecule has 6 nitrogen and oxygen atoms in total. The number of nitrogens with one attached hydrogen (secondary N) is 1. The molecule has 2 aromatic rings. The van der Waals surface area contributed by atoms with Crippen molar-refractivity contribution in [3.63, 3.8) is 0 Å². The molecular weight excluding hydrogens is 278 g/mol. The van der Waals surface area contributed by atoms with E-state index in [0.717, 1.165) is 11.0 Å². The SMILES string of the molecule is Cc1noc(C(C)NS(=O)(=O)/C=C/c2ccccc2)n1. The molecule has 0 amide bonds. The van der Waals surface area contributed by atoms with Crippen molar-refractivity contribution in [3.8, 4) is 0 Å². The van der Waals surface area contributed by atoms with E-state index in [9.17, 15) is 8.42 Å². The van der Waals surface area contributed by atoms with E-state index in [2.05, 4.69) is 14.9 Å². The van der Waals surface area contributed by atoms with Gasteiger partial charge in [0.25, 0.3) is 0 Å². The molecule has 106 valence electrons. The quantitative estimate of drug-likeness (QED) is 0.911. The number of hydrogen-bond donors (Lipinski definition) is 1. The van der Waals surface area contributed by atoms with E-state index < -0.39 is 16.1 Å². The molecule has 0 saturated heterocycles. The van der Waals surface area contributed by atoms with Gasteiger partial charge >= 0.3 is 0 Å². The van der Waals surface area contributed by atoms with Crippen LogP contribution in [0.3, 0.4) is 0 Å². The summed E-state index contributed by atoms with van der Waals surface area (Å²) in [7, 11) is -3.58. The normalized spacial score (nSPS) is 13.7. The van der Waals surface area contributed by atoms with Crippen LogP contribution in [-0.4, -0.2) is 18.6 Å². The summed E-state index contributed by atoms with van der Waals surface area (Å²) in [6.07, 6.45) is 1.52. The lowest BCUT2D eigenvalue weighted by Crippen LogP contribution is -2.25. The summed E-state index contributed by atoms with van der Waals surface area (Å²) < 4.78 is 31.2. The maximum atomic E-state index is 11.9. The minimum Gasteiger partial charge on any atom is -0.338 e. The molecule has 1 aromatic carbocycles. The van der Waals surface area contributed by atoms with Gasteiger partial charge in [0.2, 0.25) is 15.9 Å². The number of sulfonamides is 1. The Morgan fingerprint density at radius 1 is 1.30 bits per heavy atom. The minimum absolute atomic E-state index is 0.235. The standard InChI is InChI=1S/C13H15N3O3S/c1-10(13-14-11(2)15-19-13)16-20(17,18)9-8-12-6-4-3-5-7-12/h3-10,16H,1-2H3/b9-8+. The molecule has 7 heteroatoms. The van der Waals surface area contributed by atoms with Crippen LogP contribution in [0.1, 0.15) is 30.2 Å². The monoisotopic (exact) mass is 293 g/mol. The molecule has 0 bridgehead atoms. The highest BCUT2D eigenvalue weighted by atomic mass is 32.2. The van der Waals surface area contributed by atoms with E-state index in [0.29, 0.717) is 5.82 Å². The second kappa shape index (κ2) is 5.98. The van der Waals surface area contributed by atoms with Gasteiger partial charge in [-0.3, -0.25) is 0 Å². The Morgan fingerprint density at radius 2 is 2.00 bits per heavy atom. The molecule has 1 atom stereocenters. The first-order chi connectivity index (χ1) is 9.46. The molecule has 1 heterocycles. The topological polar surface area (TPSA) is 85.1 Å². The predicted octanol–water partition coefficient (Wildman–Crippen LogP) is 2.03. The highest BCUT2D eigenvalue weighted by Crippen LogP contribution is 2.11. The van der Waals surface area contributed by atoms with Crippen LogP contribution in [0, 0.1) is 6.92 Å². The van der Waals surface area contributed by atoms with Crippen molar-refractivity contribution in [2.24, 2.45) is 0 Å². The molecule has 0 aliphatic carbocycles. The highest BCUT2D eigenvalue weighted by molar-refractivity contribution is 7.92. The van der Waals surface area contributed by atoms with Gasteiger partial charge in [-0.2, -0.15) is 9.71 Å². The second-order valence-corrected chi connectivity index (χ2v) is 5.88. The van der Waals surface area contributed by atoms with Gasteiger partial charge in [-0.05, 0) is 25.5 Å². The molecule has 0 fully saturated rings. The Kier molecular flexibility index (Phi) is 4.31. The Labute approximate surface area is 117 Å². The van der Waals surface area contributed by atoms with Crippen LogP contribution < -0.4 is 4.72 Å². The number of nitrogens with zero attached hydrogens (tertiary/aromatic N) is 2. The van der Waals surface area contributed by atoms with Gasteiger partial charge in [-0.1, -0.05) is 35.5 Å². The fourth-order valence-electron chi connectivity index (χ4n) is 1.56. The van der Waals surface area contributed by atoms with Crippen molar-refractivity contribution in [2.75, 3.05) is 0 Å². The summed E-state index contributed by atoms with van der Waals surface area (Å²) in [5.41, 5.74) is 0.805. The summed E-state index contributed by atoms with van der Waals surface area (Å²) in [4.78, 5) is 3.98.